The van der Waals surface area contributed by atoms with Crippen molar-refractivity contribution in [2.45, 2.75) is 111 Å². The van der Waals surface area contributed by atoms with Crippen LogP contribution in [0.5, 0.6) is 0 Å². The molecule has 0 aliphatic rings. The van der Waals surface area contributed by atoms with Crippen LogP contribution in [-0.2, 0) is 6.42 Å². The van der Waals surface area contributed by atoms with Gasteiger partial charge in [-0.3, -0.25) is 9.59 Å². The number of Topliss-reactive ketones (excluding diaryl/α,β-unsaturated/α-hetero) is 1. The number of nitrogens with zero attached hydrogens (tertiary/aromatic N) is 1. The van der Waals surface area contributed by atoms with Crippen molar-refractivity contribution in [2.24, 2.45) is 11.8 Å². The van der Waals surface area contributed by atoms with Gasteiger partial charge >= 0.3 is 0 Å². The van der Waals surface area contributed by atoms with Gasteiger partial charge < -0.3 is 4.90 Å². The number of benzene rings is 3. The van der Waals surface area contributed by atoms with Gasteiger partial charge in [0.2, 0.25) is 0 Å². The SMILES string of the molecule is CCCC(CCC)N(C(=O)c1c(C(=O)C(Cc2ccccc2)C(C)C)ccc2ccccc12)C(CCC)CCC. The van der Waals surface area contributed by atoms with Crippen LogP contribution in [0.2, 0.25) is 0 Å². The van der Waals surface area contributed by atoms with Gasteiger partial charge in [0.1, 0.15) is 0 Å². The van der Waals surface area contributed by atoms with E-state index in [1.165, 1.54) is 0 Å². The molecule has 3 heteroatoms. The highest BCUT2D eigenvalue weighted by molar-refractivity contribution is 6.16. The zero-order chi connectivity index (χ0) is 29.1. The summed E-state index contributed by atoms with van der Waals surface area (Å²) in [7, 11) is 0. The molecule has 0 heterocycles. The summed E-state index contributed by atoms with van der Waals surface area (Å²) in [5, 5.41) is 1.90. The summed E-state index contributed by atoms with van der Waals surface area (Å²) < 4.78 is 0. The number of fused-ring (bicyclic) bond motifs is 1. The van der Waals surface area contributed by atoms with Crippen LogP contribution in [0.4, 0.5) is 0 Å². The van der Waals surface area contributed by atoms with E-state index in [-0.39, 0.29) is 35.6 Å². The highest BCUT2D eigenvalue weighted by Crippen LogP contribution is 2.32. The molecule has 3 rings (SSSR count). The van der Waals surface area contributed by atoms with E-state index >= 15 is 0 Å². The first kappa shape index (κ1) is 31.6. The summed E-state index contributed by atoms with van der Waals surface area (Å²) in [6.07, 6.45) is 8.76. The van der Waals surface area contributed by atoms with Crippen molar-refractivity contribution in [1.29, 1.82) is 0 Å². The van der Waals surface area contributed by atoms with Gasteiger partial charge in [0.05, 0.1) is 5.56 Å². The third kappa shape index (κ3) is 7.62. The fourth-order valence-corrected chi connectivity index (χ4v) is 6.34. The van der Waals surface area contributed by atoms with Crippen LogP contribution in [0, 0.1) is 11.8 Å². The van der Waals surface area contributed by atoms with Gasteiger partial charge in [-0.05, 0) is 60.4 Å². The number of hydrogen-bond donors (Lipinski definition) is 0. The fraction of sp³-hybridized carbons (Fsp3) is 0.514. The first-order valence-electron chi connectivity index (χ1n) is 15.8. The Morgan fingerprint density at radius 1 is 0.675 bits per heavy atom. The molecule has 0 spiro atoms. The highest BCUT2D eigenvalue weighted by atomic mass is 16.2. The van der Waals surface area contributed by atoms with Crippen LogP contribution in [-0.4, -0.2) is 28.7 Å². The monoisotopic (exact) mass is 541 g/mol. The lowest BCUT2D eigenvalue weighted by atomic mass is 9.81. The molecule has 0 aliphatic heterocycles. The Morgan fingerprint density at radius 3 is 1.73 bits per heavy atom. The predicted octanol–water partition coefficient (Wildman–Crippen LogP) is 9.92. The van der Waals surface area contributed by atoms with Gasteiger partial charge in [0, 0.05) is 23.6 Å². The van der Waals surface area contributed by atoms with E-state index in [0.717, 1.165) is 67.7 Å². The largest absolute Gasteiger partial charge is 0.333 e. The van der Waals surface area contributed by atoms with Crippen molar-refractivity contribution in [1.82, 2.24) is 4.90 Å². The summed E-state index contributed by atoms with van der Waals surface area (Å²) in [6.45, 7) is 13.1. The molecule has 0 N–H and O–H groups in total. The van der Waals surface area contributed by atoms with Crippen LogP contribution in [0.15, 0.2) is 66.7 Å². The summed E-state index contributed by atoms with van der Waals surface area (Å²) in [5.74, 6) is 0.0750. The van der Waals surface area contributed by atoms with E-state index in [1.54, 1.807) is 0 Å². The van der Waals surface area contributed by atoms with Crippen molar-refractivity contribution in [3.05, 3.63) is 83.4 Å². The molecule has 40 heavy (non-hydrogen) atoms. The minimum Gasteiger partial charge on any atom is -0.333 e. The number of carbonyl (C=O) groups excluding carboxylic acids is 2. The Labute approximate surface area is 243 Å². The maximum atomic E-state index is 15.0. The maximum absolute atomic E-state index is 15.0. The van der Waals surface area contributed by atoms with Crippen molar-refractivity contribution < 1.29 is 9.59 Å². The van der Waals surface area contributed by atoms with E-state index in [9.17, 15) is 9.59 Å². The first-order chi connectivity index (χ1) is 19.4. The molecule has 0 radical (unpaired) electrons. The number of hydrogen-bond acceptors (Lipinski definition) is 2. The van der Waals surface area contributed by atoms with Crippen LogP contribution < -0.4 is 0 Å². The van der Waals surface area contributed by atoms with E-state index < -0.39 is 0 Å². The second-order valence-electron chi connectivity index (χ2n) is 11.8. The topological polar surface area (TPSA) is 37.4 Å². The maximum Gasteiger partial charge on any atom is 0.255 e. The second-order valence-corrected chi connectivity index (χ2v) is 11.8. The summed E-state index contributed by atoms with van der Waals surface area (Å²) in [5.41, 5.74) is 2.35. The Kier molecular flexibility index (Phi) is 12.4. The molecule has 0 saturated carbocycles. The molecule has 0 aliphatic carbocycles. The van der Waals surface area contributed by atoms with Gasteiger partial charge in [-0.15, -0.1) is 0 Å². The Morgan fingerprint density at radius 2 is 1.20 bits per heavy atom. The summed E-state index contributed by atoms with van der Waals surface area (Å²) in [6, 6.07) is 22.7. The molecule has 0 aromatic heterocycles. The zero-order valence-electron chi connectivity index (χ0n) is 25.8. The van der Waals surface area contributed by atoms with Crippen molar-refractivity contribution >= 4 is 22.5 Å². The smallest absolute Gasteiger partial charge is 0.255 e. The third-order valence-electron chi connectivity index (χ3n) is 8.36. The van der Waals surface area contributed by atoms with Gasteiger partial charge in [0.25, 0.3) is 5.91 Å². The van der Waals surface area contributed by atoms with Crippen molar-refractivity contribution in [2.75, 3.05) is 0 Å². The molecule has 1 atom stereocenters. The number of carbonyl (C=O) groups is 2. The highest BCUT2D eigenvalue weighted by Gasteiger charge is 2.35. The quantitative estimate of drug-likeness (QED) is 0.169. The van der Waals surface area contributed by atoms with Crippen molar-refractivity contribution in [3.8, 4) is 0 Å². The molecule has 3 aromatic carbocycles. The van der Waals surface area contributed by atoms with Crippen LogP contribution in [0.25, 0.3) is 10.8 Å². The molecule has 0 saturated heterocycles. The third-order valence-corrected chi connectivity index (χ3v) is 8.36. The molecule has 3 aromatic rings. The average molecular weight is 542 g/mol. The fourth-order valence-electron chi connectivity index (χ4n) is 6.34. The lowest BCUT2D eigenvalue weighted by Gasteiger charge is -2.39. The lowest BCUT2D eigenvalue weighted by Crippen LogP contribution is -2.48. The van der Waals surface area contributed by atoms with Gasteiger partial charge in [-0.1, -0.05) is 128 Å². The van der Waals surface area contributed by atoms with Crippen LogP contribution in [0.3, 0.4) is 0 Å². The Hall–Kier alpha value is -2.94. The summed E-state index contributed by atoms with van der Waals surface area (Å²) in [4.78, 5) is 31.7. The minimum atomic E-state index is -0.201. The standard InChI is InChI=1S/C37H51NO2/c1-7-16-30(17-8-2)38(31(18-9-3)19-10-4)37(40)35-32-23-15-14-22-29(32)24-25-33(35)36(39)34(27(5)6)26-28-20-12-11-13-21-28/h11-15,20-25,27,30-31,34H,7-10,16-19,26H2,1-6H3. The lowest BCUT2D eigenvalue weighted by molar-refractivity contribution is 0.0508. The molecule has 3 nitrogen and oxygen atoms in total. The number of ketones is 1. The van der Waals surface area contributed by atoms with E-state index in [4.69, 9.17) is 0 Å². The normalized spacial score (nSPS) is 12.4. The zero-order valence-corrected chi connectivity index (χ0v) is 25.8. The average Bonchev–Trinajstić information content (AvgIpc) is 2.96. The van der Waals surface area contributed by atoms with E-state index in [0.29, 0.717) is 17.5 Å². The van der Waals surface area contributed by atoms with E-state index in [2.05, 4.69) is 64.6 Å². The first-order valence-corrected chi connectivity index (χ1v) is 15.8. The van der Waals surface area contributed by atoms with Gasteiger partial charge in [0.15, 0.2) is 5.78 Å². The van der Waals surface area contributed by atoms with Crippen LogP contribution in [0.1, 0.15) is 119 Å². The molecule has 1 amide bonds. The predicted molar refractivity (Wildman–Crippen MR) is 170 cm³/mol. The molecule has 216 valence electrons. The minimum absolute atomic E-state index is 0.0427. The van der Waals surface area contributed by atoms with Crippen molar-refractivity contribution in [3.63, 3.8) is 0 Å². The molecular formula is C37H51NO2. The Bertz CT molecular complexity index is 1190. The van der Waals surface area contributed by atoms with Crippen LogP contribution >= 0.6 is 0 Å². The molecule has 1 unspecified atom stereocenters. The Balaban J connectivity index is 2.21. The number of amides is 1. The number of rotatable bonds is 16. The second kappa shape index (κ2) is 15.7. The molecule has 0 bridgehead atoms. The van der Waals surface area contributed by atoms with Gasteiger partial charge in [-0.2, -0.15) is 0 Å². The molecule has 0 fully saturated rings. The molecular weight excluding hydrogens is 490 g/mol. The summed E-state index contributed by atoms with van der Waals surface area (Å²) >= 11 is 0. The van der Waals surface area contributed by atoms with Gasteiger partial charge in [-0.25, -0.2) is 0 Å². The van der Waals surface area contributed by atoms with E-state index in [1.807, 2.05) is 48.5 Å².